The number of esters is 4. The van der Waals surface area contributed by atoms with Crippen LogP contribution in [0.4, 0.5) is 0 Å². The SMILES string of the molecule is CCCCCCCCCCCCCC(=O)OC[C@H](COP(=O)(O)OC[C@@H](O)COP(=O)(O)OC[C@@H](COC(=O)CCCCCCCCCC)OC(=O)CCCCCCCCC(C)C)OC(=O)CCCCCCCCCCCCCCCCCCC(C)C. The van der Waals surface area contributed by atoms with Gasteiger partial charge in [-0.05, 0) is 37.5 Å². The summed E-state index contributed by atoms with van der Waals surface area (Å²) in [6.07, 6.45) is 44.7. The van der Waals surface area contributed by atoms with Crippen LogP contribution in [0.5, 0.6) is 0 Å². The first-order valence-corrected chi connectivity index (χ1v) is 38.5. The molecular weight excluding hydrogens is 1150 g/mol. The van der Waals surface area contributed by atoms with E-state index in [2.05, 4.69) is 41.5 Å². The summed E-state index contributed by atoms with van der Waals surface area (Å²) in [5.41, 5.74) is 0. The number of ether oxygens (including phenoxy) is 4. The zero-order valence-electron chi connectivity index (χ0n) is 56.3. The highest BCUT2D eigenvalue weighted by Crippen LogP contribution is 2.45. The fourth-order valence-corrected chi connectivity index (χ4v) is 11.8. The summed E-state index contributed by atoms with van der Waals surface area (Å²) in [6, 6.07) is 0. The highest BCUT2D eigenvalue weighted by Gasteiger charge is 2.30. The molecule has 3 N–H and O–H groups in total. The Morgan fingerprint density at radius 1 is 0.310 bits per heavy atom. The molecule has 0 saturated heterocycles. The van der Waals surface area contributed by atoms with Crippen LogP contribution in [0.1, 0.15) is 343 Å². The van der Waals surface area contributed by atoms with E-state index in [1.54, 1.807) is 0 Å². The van der Waals surface area contributed by atoms with Crippen molar-refractivity contribution in [3.8, 4) is 0 Å². The number of hydrogen-bond donors (Lipinski definition) is 3. The van der Waals surface area contributed by atoms with E-state index in [1.165, 1.54) is 154 Å². The first-order valence-electron chi connectivity index (χ1n) is 35.5. The van der Waals surface area contributed by atoms with Gasteiger partial charge in [0.15, 0.2) is 12.2 Å². The summed E-state index contributed by atoms with van der Waals surface area (Å²) in [7, 11) is -9.89. The van der Waals surface area contributed by atoms with Gasteiger partial charge in [0.05, 0.1) is 26.4 Å². The van der Waals surface area contributed by atoms with Gasteiger partial charge in [0.2, 0.25) is 0 Å². The van der Waals surface area contributed by atoms with E-state index in [1.807, 2.05) is 0 Å². The van der Waals surface area contributed by atoms with Crippen LogP contribution in [-0.2, 0) is 65.4 Å². The molecule has 0 radical (unpaired) electrons. The van der Waals surface area contributed by atoms with Gasteiger partial charge < -0.3 is 33.8 Å². The van der Waals surface area contributed by atoms with Crippen molar-refractivity contribution in [1.82, 2.24) is 0 Å². The van der Waals surface area contributed by atoms with E-state index in [9.17, 15) is 43.2 Å². The van der Waals surface area contributed by atoms with Crippen molar-refractivity contribution in [3.63, 3.8) is 0 Å². The number of unbranched alkanes of at least 4 members (excludes halogenated alkanes) is 37. The summed E-state index contributed by atoms with van der Waals surface area (Å²) in [5.74, 6) is -0.655. The standard InChI is InChI=1S/C68H132O17P2/c1-7-9-11-13-15-17-24-28-32-39-45-51-66(71)79-56-63(84-67(72)52-46-40-33-29-26-23-21-19-18-20-22-25-27-30-36-42-48-60(3)4)58-82-86(74,75)80-54-62(69)55-81-87(76,77)83-59-64(57-78-65(70)50-44-38-31-16-14-12-10-8-2)85-68(73)53-47-41-35-34-37-43-49-61(5)6/h60-64,69H,7-59H2,1-6H3,(H,74,75)(H,76,77)/t62-,63-,64-/m1/s1. The lowest BCUT2D eigenvalue weighted by molar-refractivity contribution is -0.161. The van der Waals surface area contributed by atoms with Crippen LogP contribution >= 0.6 is 15.6 Å². The highest BCUT2D eigenvalue weighted by molar-refractivity contribution is 7.47. The van der Waals surface area contributed by atoms with Gasteiger partial charge in [0, 0.05) is 25.7 Å². The van der Waals surface area contributed by atoms with Gasteiger partial charge in [0.1, 0.15) is 19.3 Å². The molecule has 19 heteroatoms. The molecule has 0 aromatic rings. The summed E-state index contributed by atoms with van der Waals surface area (Å²) in [6.45, 7) is 9.44. The minimum atomic E-state index is -4.95. The molecule has 0 aromatic carbocycles. The van der Waals surface area contributed by atoms with E-state index < -0.39 is 97.5 Å². The van der Waals surface area contributed by atoms with Crippen molar-refractivity contribution in [1.29, 1.82) is 0 Å². The van der Waals surface area contributed by atoms with E-state index in [0.29, 0.717) is 31.6 Å². The molecule has 2 unspecified atom stereocenters. The molecular formula is C68H132O17P2. The third kappa shape index (κ3) is 62.6. The molecule has 516 valence electrons. The second kappa shape index (κ2) is 60.3. The maximum absolute atomic E-state index is 13.0. The lowest BCUT2D eigenvalue weighted by Gasteiger charge is -2.21. The Bertz CT molecular complexity index is 1700. The summed E-state index contributed by atoms with van der Waals surface area (Å²) in [5, 5.41) is 10.5. The molecule has 0 fully saturated rings. The third-order valence-corrected chi connectivity index (χ3v) is 17.6. The molecule has 0 aliphatic heterocycles. The van der Waals surface area contributed by atoms with Crippen molar-refractivity contribution < 1.29 is 80.2 Å². The molecule has 0 spiro atoms. The Morgan fingerprint density at radius 3 is 0.782 bits per heavy atom. The number of carbonyl (C=O) groups is 4. The van der Waals surface area contributed by atoms with Crippen molar-refractivity contribution in [2.24, 2.45) is 11.8 Å². The first-order chi connectivity index (χ1) is 41.9. The molecule has 0 amide bonds. The van der Waals surface area contributed by atoms with Gasteiger partial charge in [-0.25, -0.2) is 9.13 Å². The predicted molar refractivity (Wildman–Crippen MR) is 349 cm³/mol. The monoisotopic (exact) mass is 1280 g/mol. The fraction of sp³-hybridized carbons (Fsp3) is 0.941. The van der Waals surface area contributed by atoms with Crippen LogP contribution in [0.15, 0.2) is 0 Å². The third-order valence-electron chi connectivity index (χ3n) is 15.7. The molecule has 0 aromatic heterocycles. The van der Waals surface area contributed by atoms with Gasteiger partial charge in [-0.2, -0.15) is 0 Å². The average Bonchev–Trinajstić information content (AvgIpc) is 3.70. The second-order valence-electron chi connectivity index (χ2n) is 25.5. The zero-order chi connectivity index (χ0) is 64.3. The zero-order valence-corrected chi connectivity index (χ0v) is 58.1. The first kappa shape index (κ1) is 85.1. The normalized spacial score (nSPS) is 14.2. The Balaban J connectivity index is 5.16. The number of hydrogen-bond acceptors (Lipinski definition) is 15. The topological polar surface area (TPSA) is 237 Å². The number of carbonyl (C=O) groups excluding carboxylic acids is 4. The maximum atomic E-state index is 13.0. The van der Waals surface area contributed by atoms with Gasteiger partial charge in [0.25, 0.3) is 0 Å². The van der Waals surface area contributed by atoms with Crippen LogP contribution < -0.4 is 0 Å². The predicted octanol–water partition coefficient (Wildman–Crippen LogP) is 19.2. The van der Waals surface area contributed by atoms with Gasteiger partial charge in [-0.1, -0.05) is 292 Å². The quantitative estimate of drug-likeness (QED) is 0.0222. The Morgan fingerprint density at radius 2 is 0.529 bits per heavy atom. The number of aliphatic hydroxyl groups is 1. The van der Waals surface area contributed by atoms with Crippen LogP contribution in [0.3, 0.4) is 0 Å². The van der Waals surface area contributed by atoms with Gasteiger partial charge in [-0.3, -0.25) is 37.3 Å². The number of aliphatic hydroxyl groups excluding tert-OH is 1. The minimum absolute atomic E-state index is 0.102. The van der Waals surface area contributed by atoms with Crippen LogP contribution in [0.2, 0.25) is 0 Å². The summed E-state index contributed by atoms with van der Waals surface area (Å²) in [4.78, 5) is 72.3. The van der Waals surface area contributed by atoms with Gasteiger partial charge in [-0.15, -0.1) is 0 Å². The molecule has 0 rings (SSSR count). The molecule has 0 bridgehead atoms. The number of phosphoric acid groups is 2. The summed E-state index contributed by atoms with van der Waals surface area (Å²) >= 11 is 0. The molecule has 0 aliphatic carbocycles. The fourth-order valence-electron chi connectivity index (χ4n) is 10.2. The molecule has 17 nitrogen and oxygen atoms in total. The lowest BCUT2D eigenvalue weighted by Crippen LogP contribution is -2.30. The second-order valence-corrected chi connectivity index (χ2v) is 28.4. The van der Waals surface area contributed by atoms with Gasteiger partial charge >= 0.3 is 39.5 Å². The molecule has 0 heterocycles. The van der Waals surface area contributed by atoms with Crippen LogP contribution in [-0.4, -0.2) is 96.7 Å². The molecule has 5 atom stereocenters. The van der Waals surface area contributed by atoms with Crippen LogP contribution in [0, 0.1) is 11.8 Å². The maximum Gasteiger partial charge on any atom is 0.472 e. The Hall–Kier alpha value is -1.94. The Labute approximate surface area is 530 Å². The molecule has 0 aliphatic rings. The minimum Gasteiger partial charge on any atom is -0.462 e. The smallest absolute Gasteiger partial charge is 0.462 e. The summed E-state index contributed by atoms with van der Waals surface area (Å²) < 4.78 is 68.1. The molecule has 87 heavy (non-hydrogen) atoms. The number of phosphoric ester groups is 2. The van der Waals surface area contributed by atoms with Crippen molar-refractivity contribution in [2.75, 3.05) is 39.6 Å². The van der Waals surface area contributed by atoms with Crippen molar-refractivity contribution >= 4 is 39.5 Å². The van der Waals surface area contributed by atoms with Crippen molar-refractivity contribution in [2.45, 2.75) is 362 Å². The van der Waals surface area contributed by atoms with E-state index in [4.69, 9.17) is 37.0 Å². The lowest BCUT2D eigenvalue weighted by atomic mass is 10.0. The number of rotatable bonds is 67. The van der Waals surface area contributed by atoms with Crippen molar-refractivity contribution in [3.05, 3.63) is 0 Å². The Kier molecular flexibility index (Phi) is 59.0. The largest absolute Gasteiger partial charge is 0.472 e. The van der Waals surface area contributed by atoms with E-state index in [-0.39, 0.29) is 25.7 Å². The molecule has 0 saturated carbocycles. The van der Waals surface area contributed by atoms with E-state index in [0.717, 1.165) is 102 Å². The van der Waals surface area contributed by atoms with Crippen LogP contribution in [0.25, 0.3) is 0 Å². The van der Waals surface area contributed by atoms with E-state index >= 15 is 0 Å². The average molecular weight is 1280 g/mol. The highest BCUT2D eigenvalue weighted by atomic mass is 31.2.